The van der Waals surface area contributed by atoms with E-state index in [1.807, 2.05) is 24.4 Å². The third-order valence-corrected chi connectivity index (χ3v) is 3.89. The van der Waals surface area contributed by atoms with Crippen molar-refractivity contribution in [1.82, 2.24) is 9.97 Å². The highest BCUT2D eigenvalue weighted by Crippen LogP contribution is 2.29. The van der Waals surface area contributed by atoms with E-state index in [0.717, 1.165) is 29.9 Å². The van der Waals surface area contributed by atoms with Crippen LogP contribution < -0.4 is 0 Å². The Kier molecular flexibility index (Phi) is 4.28. The van der Waals surface area contributed by atoms with Gasteiger partial charge < -0.3 is 4.98 Å². The normalized spacial score (nSPS) is 10.8. The van der Waals surface area contributed by atoms with Crippen molar-refractivity contribution in [2.24, 2.45) is 0 Å². The summed E-state index contributed by atoms with van der Waals surface area (Å²) in [6.45, 7) is 0. The van der Waals surface area contributed by atoms with Crippen LogP contribution in [0.25, 0.3) is 11.3 Å². The minimum atomic E-state index is 0.626. The highest BCUT2D eigenvalue weighted by molar-refractivity contribution is 6.36. The lowest BCUT2D eigenvalue weighted by molar-refractivity contribution is 0.885. The molecule has 1 N–H and O–H groups in total. The number of hydrogen-bond donors (Lipinski definition) is 1. The number of aromatic nitrogens is 2. The van der Waals surface area contributed by atoms with E-state index in [4.69, 9.17) is 23.2 Å². The summed E-state index contributed by atoms with van der Waals surface area (Å²) in [5.74, 6) is 0.958. The molecule has 0 atom stereocenters. The third-order valence-electron chi connectivity index (χ3n) is 3.34. The fourth-order valence-electron chi connectivity index (χ4n) is 2.24. The van der Waals surface area contributed by atoms with Crippen molar-refractivity contribution >= 4 is 23.2 Å². The minimum absolute atomic E-state index is 0.626. The Morgan fingerprint density at radius 3 is 2.52 bits per heavy atom. The molecule has 0 bridgehead atoms. The number of nitrogens with one attached hydrogen (secondary N) is 1. The molecule has 2 nitrogen and oxygen atoms in total. The molecule has 0 unspecified atom stereocenters. The van der Waals surface area contributed by atoms with Gasteiger partial charge in [-0.1, -0.05) is 53.5 Å². The number of benzene rings is 2. The van der Waals surface area contributed by atoms with Gasteiger partial charge >= 0.3 is 0 Å². The summed E-state index contributed by atoms with van der Waals surface area (Å²) < 4.78 is 0. The van der Waals surface area contributed by atoms with Gasteiger partial charge in [-0.25, -0.2) is 4.98 Å². The lowest BCUT2D eigenvalue weighted by atomic mass is 10.1. The second kappa shape index (κ2) is 6.33. The number of H-pyrrole nitrogens is 1. The van der Waals surface area contributed by atoms with E-state index in [9.17, 15) is 0 Å². The van der Waals surface area contributed by atoms with Gasteiger partial charge in [-0.2, -0.15) is 0 Å². The van der Waals surface area contributed by atoms with Crippen LogP contribution in [0.2, 0.25) is 10.0 Å². The number of aryl methyl sites for hydroxylation is 2. The first kappa shape index (κ1) is 14.2. The van der Waals surface area contributed by atoms with Crippen molar-refractivity contribution in [3.8, 4) is 11.3 Å². The molecular weight excluding hydrogens is 303 g/mol. The zero-order valence-electron chi connectivity index (χ0n) is 11.3. The molecule has 0 spiro atoms. The lowest BCUT2D eigenvalue weighted by Gasteiger charge is -2.02. The average Bonchev–Trinajstić information content (AvgIpc) is 2.95. The number of hydrogen-bond acceptors (Lipinski definition) is 1. The maximum Gasteiger partial charge on any atom is 0.106 e. The van der Waals surface area contributed by atoms with Gasteiger partial charge in [-0.3, -0.25) is 0 Å². The second-order valence-electron chi connectivity index (χ2n) is 4.85. The van der Waals surface area contributed by atoms with Crippen LogP contribution in [0.4, 0.5) is 0 Å². The molecule has 0 aliphatic carbocycles. The number of nitrogens with zero attached hydrogens (tertiary/aromatic N) is 1. The fraction of sp³-hybridized carbons (Fsp3) is 0.118. The Morgan fingerprint density at radius 1 is 0.952 bits per heavy atom. The minimum Gasteiger partial charge on any atom is -0.342 e. The van der Waals surface area contributed by atoms with E-state index in [1.54, 1.807) is 6.07 Å². The standard InChI is InChI=1S/C17H14Cl2N2/c18-13-7-8-14(15(19)10-13)16-11-20-17(21-16)9-6-12-4-2-1-3-5-12/h1-5,7-8,10-11H,6,9H2,(H,20,21). The first-order valence-corrected chi connectivity index (χ1v) is 7.51. The molecule has 0 aliphatic rings. The molecular formula is C17H14Cl2N2. The molecule has 1 heterocycles. The topological polar surface area (TPSA) is 28.7 Å². The van der Waals surface area contributed by atoms with Crippen LogP contribution in [0.3, 0.4) is 0 Å². The van der Waals surface area contributed by atoms with Crippen LogP contribution in [-0.2, 0) is 12.8 Å². The molecule has 2 aromatic carbocycles. The van der Waals surface area contributed by atoms with E-state index in [0.29, 0.717) is 10.0 Å². The number of aromatic amines is 1. The summed E-state index contributed by atoms with van der Waals surface area (Å²) >= 11 is 12.1. The summed E-state index contributed by atoms with van der Waals surface area (Å²) in [4.78, 5) is 7.75. The molecule has 0 saturated carbocycles. The molecule has 0 fully saturated rings. The van der Waals surface area contributed by atoms with Crippen LogP contribution in [-0.4, -0.2) is 9.97 Å². The Balaban J connectivity index is 1.74. The maximum absolute atomic E-state index is 6.21. The van der Waals surface area contributed by atoms with Crippen LogP contribution in [0, 0.1) is 0 Å². The van der Waals surface area contributed by atoms with Gasteiger partial charge in [-0.05, 0) is 30.2 Å². The van der Waals surface area contributed by atoms with Gasteiger partial charge in [0.2, 0.25) is 0 Å². The highest BCUT2D eigenvalue weighted by Gasteiger charge is 2.08. The second-order valence-corrected chi connectivity index (χ2v) is 5.70. The molecule has 3 aromatic rings. The molecule has 0 aliphatic heterocycles. The van der Waals surface area contributed by atoms with Crippen molar-refractivity contribution in [2.45, 2.75) is 12.8 Å². The molecule has 21 heavy (non-hydrogen) atoms. The largest absolute Gasteiger partial charge is 0.342 e. The SMILES string of the molecule is Clc1ccc(-c2cnc(CCc3ccccc3)[nH]2)c(Cl)c1. The van der Waals surface area contributed by atoms with Crippen molar-refractivity contribution in [3.63, 3.8) is 0 Å². The van der Waals surface area contributed by atoms with Crippen molar-refractivity contribution in [3.05, 3.63) is 76.2 Å². The monoisotopic (exact) mass is 316 g/mol. The Morgan fingerprint density at radius 2 is 1.76 bits per heavy atom. The predicted octanol–water partition coefficient (Wildman–Crippen LogP) is 5.17. The maximum atomic E-state index is 6.21. The van der Waals surface area contributed by atoms with Crippen molar-refractivity contribution in [2.75, 3.05) is 0 Å². The number of rotatable bonds is 4. The van der Waals surface area contributed by atoms with Gasteiger partial charge in [0.05, 0.1) is 16.9 Å². The summed E-state index contributed by atoms with van der Waals surface area (Å²) in [6, 6.07) is 15.8. The molecule has 0 amide bonds. The smallest absolute Gasteiger partial charge is 0.106 e. The summed E-state index contributed by atoms with van der Waals surface area (Å²) in [5.41, 5.74) is 3.14. The van der Waals surface area contributed by atoms with E-state index >= 15 is 0 Å². The predicted molar refractivity (Wildman–Crippen MR) is 87.9 cm³/mol. The van der Waals surface area contributed by atoms with E-state index in [-0.39, 0.29) is 0 Å². The lowest BCUT2D eigenvalue weighted by Crippen LogP contribution is -1.93. The summed E-state index contributed by atoms with van der Waals surface area (Å²) in [7, 11) is 0. The molecule has 0 saturated heterocycles. The van der Waals surface area contributed by atoms with E-state index < -0.39 is 0 Å². The molecule has 106 valence electrons. The number of halogens is 2. The van der Waals surface area contributed by atoms with Gasteiger partial charge in [0.15, 0.2) is 0 Å². The van der Waals surface area contributed by atoms with Gasteiger partial charge in [0.1, 0.15) is 5.82 Å². The van der Waals surface area contributed by atoms with Crippen molar-refractivity contribution in [1.29, 1.82) is 0 Å². The van der Waals surface area contributed by atoms with Gasteiger partial charge in [0, 0.05) is 17.0 Å². The zero-order valence-corrected chi connectivity index (χ0v) is 12.8. The molecule has 1 aromatic heterocycles. The zero-order chi connectivity index (χ0) is 14.7. The van der Waals surface area contributed by atoms with E-state index in [2.05, 4.69) is 34.2 Å². The third kappa shape index (κ3) is 3.46. The van der Waals surface area contributed by atoms with Crippen LogP contribution in [0.1, 0.15) is 11.4 Å². The quantitative estimate of drug-likeness (QED) is 0.706. The summed E-state index contributed by atoms with van der Waals surface area (Å²) in [5, 5.41) is 1.26. The van der Waals surface area contributed by atoms with Crippen molar-refractivity contribution < 1.29 is 0 Å². The Hall–Kier alpha value is -1.77. The molecule has 4 heteroatoms. The first-order chi connectivity index (χ1) is 10.2. The van der Waals surface area contributed by atoms with Gasteiger partial charge in [-0.15, -0.1) is 0 Å². The Bertz CT molecular complexity index is 736. The molecule has 0 radical (unpaired) electrons. The van der Waals surface area contributed by atoms with Gasteiger partial charge in [0.25, 0.3) is 0 Å². The van der Waals surface area contributed by atoms with Crippen LogP contribution in [0.15, 0.2) is 54.7 Å². The first-order valence-electron chi connectivity index (χ1n) is 6.75. The Labute approximate surface area is 133 Å². The number of imidazole rings is 1. The van der Waals surface area contributed by atoms with E-state index in [1.165, 1.54) is 5.56 Å². The summed E-state index contributed by atoms with van der Waals surface area (Å²) in [6.07, 6.45) is 3.65. The molecule has 3 rings (SSSR count). The highest BCUT2D eigenvalue weighted by atomic mass is 35.5. The van der Waals surface area contributed by atoms with Crippen LogP contribution in [0.5, 0.6) is 0 Å². The average molecular weight is 317 g/mol. The van der Waals surface area contributed by atoms with Crippen LogP contribution >= 0.6 is 23.2 Å². The fourth-order valence-corrected chi connectivity index (χ4v) is 2.75.